The van der Waals surface area contributed by atoms with Gasteiger partial charge in [0.05, 0.1) is 0 Å². The number of imide groups is 2. The summed E-state index contributed by atoms with van der Waals surface area (Å²) in [6.07, 6.45) is 0.263. The van der Waals surface area contributed by atoms with Crippen molar-refractivity contribution in [1.29, 1.82) is 0 Å². The number of hydrogen-bond donors (Lipinski definition) is 1. The molecule has 2 aliphatic rings. The first-order chi connectivity index (χ1) is 12.1. The van der Waals surface area contributed by atoms with Crippen LogP contribution in [0, 0.1) is 0 Å². The minimum Gasteiger partial charge on any atom is -0.295 e. The maximum atomic E-state index is 12.8. The first kappa shape index (κ1) is 16.8. The smallest absolute Gasteiger partial charge is 0.262 e. The van der Waals surface area contributed by atoms with Gasteiger partial charge in [-0.3, -0.25) is 29.4 Å². The summed E-state index contributed by atoms with van der Waals surface area (Å²) in [4.78, 5) is 49.9. The maximum absolute atomic E-state index is 12.8. The van der Waals surface area contributed by atoms with E-state index in [2.05, 4.69) is 5.32 Å². The minimum absolute atomic E-state index is 0.110. The van der Waals surface area contributed by atoms with Crippen molar-refractivity contribution in [3.05, 3.63) is 47.5 Å². The topological polar surface area (TPSA) is 83.6 Å². The summed E-state index contributed by atoms with van der Waals surface area (Å²) in [5.41, 5.74) is 0.810. The molecule has 1 saturated heterocycles. The lowest BCUT2D eigenvalue weighted by molar-refractivity contribution is -0.136. The second kappa shape index (κ2) is 6.47. The van der Waals surface area contributed by atoms with E-state index in [0.29, 0.717) is 16.5 Å². The van der Waals surface area contributed by atoms with E-state index in [0.717, 1.165) is 10.3 Å². The van der Waals surface area contributed by atoms with Crippen molar-refractivity contribution in [2.45, 2.75) is 32.7 Å². The number of amides is 4. The Labute approximate surface area is 144 Å². The number of nitrogens with one attached hydrogen (secondary N) is 1. The van der Waals surface area contributed by atoms with Crippen LogP contribution in [0.25, 0.3) is 10.8 Å². The number of hydrogen-bond acceptors (Lipinski definition) is 4. The number of nitrogens with zero attached hydrogens (tertiary/aromatic N) is 1. The fourth-order valence-corrected chi connectivity index (χ4v) is 3.26. The molecule has 0 saturated carbocycles. The van der Waals surface area contributed by atoms with Crippen LogP contribution in [0.3, 0.4) is 0 Å². The Morgan fingerprint density at radius 1 is 0.920 bits per heavy atom. The molecular formula is C19H18N2O4. The molecule has 0 radical (unpaired) electrons. The maximum Gasteiger partial charge on any atom is 0.262 e. The van der Waals surface area contributed by atoms with Crippen molar-refractivity contribution in [1.82, 2.24) is 10.2 Å². The highest BCUT2D eigenvalue weighted by atomic mass is 16.2. The van der Waals surface area contributed by atoms with Gasteiger partial charge in [0.2, 0.25) is 11.8 Å². The van der Waals surface area contributed by atoms with Gasteiger partial charge in [-0.2, -0.15) is 0 Å². The quantitative estimate of drug-likeness (QED) is 0.809. The van der Waals surface area contributed by atoms with Gasteiger partial charge in [-0.25, -0.2) is 0 Å². The standard InChI is InChI=1S/C17H12N2O4.C2H6/c20-13-8-7-12(15(21)18-13)19-16(22)10-5-1-3-9-4-2-6-11(14(9)10)17(19)23;1-2/h1-6,12H,7-8H2,(H,18,20,21);1-2H3. The monoisotopic (exact) mass is 338 g/mol. The molecule has 0 aromatic heterocycles. The Morgan fingerprint density at radius 2 is 1.48 bits per heavy atom. The summed E-state index contributed by atoms with van der Waals surface area (Å²) in [6, 6.07) is 9.53. The zero-order valence-corrected chi connectivity index (χ0v) is 14.0. The van der Waals surface area contributed by atoms with Gasteiger partial charge in [-0.05, 0) is 23.9 Å². The second-order valence-corrected chi connectivity index (χ2v) is 5.66. The zero-order chi connectivity index (χ0) is 18.1. The van der Waals surface area contributed by atoms with E-state index < -0.39 is 23.8 Å². The summed E-state index contributed by atoms with van der Waals surface area (Å²) in [6.45, 7) is 4.00. The zero-order valence-electron chi connectivity index (χ0n) is 14.0. The summed E-state index contributed by atoms with van der Waals surface area (Å²) >= 11 is 0. The SMILES string of the molecule is CC.O=C1CCC(N2C(=O)c3cccc4cccc(c34)C2=O)C(=O)N1. The summed E-state index contributed by atoms with van der Waals surface area (Å²) in [5, 5.41) is 3.62. The highest BCUT2D eigenvalue weighted by Crippen LogP contribution is 2.32. The molecule has 2 aromatic carbocycles. The van der Waals surface area contributed by atoms with E-state index in [-0.39, 0.29) is 18.7 Å². The number of carbonyl (C=O) groups is 4. The van der Waals surface area contributed by atoms with Crippen LogP contribution in [0.2, 0.25) is 0 Å². The van der Waals surface area contributed by atoms with Crippen LogP contribution < -0.4 is 5.32 Å². The molecule has 2 aromatic rings. The molecule has 6 nitrogen and oxygen atoms in total. The van der Waals surface area contributed by atoms with Gasteiger partial charge in [-0.1, -0.05) is 38.1 Å². The Bertz CT molecular complexity index is 853. The van der Waals surface area contributed by atoms with Crippen molar-refractivity contribution < 1.29 is 19.2 Å². The number of rotatable bonds is 1. The summed E-state index contributed by atoms with van der Waals surface area (Å²) in [5.74, 6) is -1.97. The normalized spacial score (nSPS) is 19.4. The average molecular weight is 338 g/mol. The Morgan fingerprint density at radius 3 is 2.00 bits per heavy atom. The molecule has 1 atom stereocenters. The second-order valence-electron chi connectivity index (χ2n) is 5.66. The van der Waals surface area contributed by atoms with Gasteiger partial charge >= 0.3 is 0 Å². The van der Waals surface area contributed by atoms with E-state index in [1.165, 1.54) is 0 Å². The Balaban J connectivity index is 0.000000880. The molecule has 0 aliphatic carbocycles. The van der Waals surface area contributed by atoms with Crippen molar-refractivity contribution >= 4 is 34.4 Å². The van der Waals surface area contributed by atoms with E-state index >= 15 is 0 Å². The Kier molecular flexibility index (Phi) is 4.35. The average Bonchev–Trinajstić information content (AvgIpc) is 2.63. The van der Waals surface area contributed by atoms with Gasteiger partial charge in [0.1, 0.15) is 6.04 Å². The molecule has 6 heteroatoms. The fraction of sp³-hybridized carbons (Fsp3) is 0.263. The third-order valence-corrected chi connectivity index (χ3v) is 4.32. The fourth-order valence-electron chi connectivity index (χ4n) is 3.26. The lowest BCUT2D eigenvalue weighted by Gasteiger charge is -2.34. The van der Waals surface area contributed by atoms with Crippen LogP contribution in [0.15, 0.2) is 36.4 Å². The number of carbonyl (C=O) groups excluding carboxylic acids is 4. The molecule has 0 spiro atoms. The van der Waals surface area contributed by atoms with E-state index in [1.807, 2.05) is 26.0 Å². The largest absolute Gasteiger partial charge is 0.295 e. The minimum atomic E-state index is -0.948. The van der Waals surface area contributed by atoms with E-state index in [9.17, 15) is 19.2 Å². The van der Waals surface area contributed by atoms with Crippen molar-refractivity contribution in [3.8, 4) is 0 Å². The third-order valence-electron chi connectivity index (χ3n) is 4.32. The molecule has 4 amide bonds. The molecule has 2 aliphatic heterocycles. The van der Waals surface area contributed by atoms with Crippen LogP contribution in [0.5, 0.6) is 0 Å². The molecule has 1 unspecified atom stereocenters. The predicted molar refractivity (Wildman–Crippen MR) is 92.0 cm³/mol. The van der Waals surface area contributed by atoms with Crippen LogP contribution >= 0.6 is 0 Å². The lowest BCUT2D eigenvalue weighted by Crippen LogP contribution is -2.57. The van der Waals surface area contributed by atoms with E-state index in [4.69, 9.17) is 0 Å². The molecule has 4 rings (SSSR count). The van der Waals surface area contributed by atoms with Crippen LogP contribution in [0.1, 0.15) is 47.4 Å². The summed E-state index contributed by atoms with van der Waals surface area (Å²) in [7, 11) is 0. The van der Waals surface area contributed by atoms with Crippen LogP contribution in [0.4, 0.5) is 0 Å². The molecule has 0 bridgehead atoms. The third kappa shape index (κ3) is 2.59. The highest BCUT2D eigenvalue weighted by molar-refractivity contribution is 6.26. The number of piperidine rings is 1. The van der Waals surface area contributed by atoms with E-state index in [1.54, 1.807) is 24.3 Å². The van der Waals surface area contributed by atoms with Gasteiger partial charge in [0.15, 0.2) is 0 Å². The van der Waals surface area contributed by atoms with Gasteiger partial charge < -0.3 is 0 Å². The van der Waals surface area contributed by atoms with Crippen LogP contribution in [-0.4, -0.2) is 34.6 Å². The van der Waals surface area contributed by atoms with Gasteiger partial charge in [-0.15, -0.1) is 0 Å². The number of benzene rings is 2. The predicted octanol–water partition coefficient (Wildman–Crippen LogP) is 2.27. The molecule has 128 valence electrons. The van der Waals surface area contributed by atoms with Crippen molar-refractivity contribution in [2.24, 2.45) is 0 Å². The molecular weight excluding hydrogens is 320 g/mol. The van der Waals surface area contributed by atoms with Crippen LogP contribution in [-0.2, 0) is 9.59 Å². The lowest BCUT2D eigenvalue weighted by atomic mass is 9.92. The first-order valence-electron chi connectivity index (χ1n) is 8.31. The molecule has 2 heterocycles. The van der Waals surface area contributed by atoms with Gasteiger partial charge in [0, 0.05) is 22.9 Å². The summed E-state index contributed by atoms with van der Waals surface area (Å²) < 4.78 is 0. The molecule has 1 N–H and O–H groups in total. The first-order valence-corrected chi connectivity index (χ1v) is 8.31. The molecule has 1 fully saturated rings. The highest BCUT2D eigenvalue weighted by Gasteiger charge is 2.42. The van der Waals surface area contributed by atoms with Gasteiger partial charge in [0.25, 0.3) is 11.8 Å². The Hall–Kier alpha value is -3.02. The van der Waals surface area contributed by atoms with Crippen molar-refractivity contribution in [2.75, 3.05) is 0 Å². The molecule has 25 heavy (non-hydrogen) atoms. The van der Waals surface area contributed by atoms with Crippen molar-refractivity contribution in [3.63, 3.8) is 0 Å².